The number of aliphatic hydroxyl groups excluding tert-OH is 1. The van der Waals surface area contributed by atoms with E-state index in [9.17, 15) is 9.90 Å². The summed E-state index contributed by atoms with van der Waals surface area (Å²) in [6, 6.07) is 0. The van der Waals surface area contributed by atoms with Crippen molar-refractivity contribution in [1.29, 1.82) is 0 Å². The summed E-state index contributed by atoms with van der Waals surface area (Å²) in [5.74, 6) is -0.585. The van der Waals surface area contributed by atoms with Crippen LogP contribution >= 0.6 is 12.8 Å². The lowest BCUT2D eigenvalue weighted by atomic mass is 10.1. The van der Waals surface area contributed by atoms with Gasteiger partial charge in [0.2, 0.25) is 0 Å². The van der Waals surface area contributed by atoms with E-state index in [1.807, 2.05) is 4.72 Å². The molecule has 2 unspecified atom stereocenters. The molecule has 0 fully saturated rings. The molecule has 0 saturated carbocycles. The predicted octanol–water partition coefficient (Wildman–Crippen LogP) is -1.33. The lowest BCUT2D eigenvalue weighted by molar-refractivity contribution is -0.134. The molecule has 1 amide bonds. The van der Waals surface area contributed by atoms with E-state index in [2.05, 4.69) is 12.8 Å². The molecular weight excluding hydrogens is 180 g/mol. The average molecular weight is 194 g/mol. The van der Waals surface area contributed by atoms with E-state index < -0.39 is 18.1 Å². The molecule has 0 aromatic carbocycles. The zero-order valence-electron chi connectivity index (χ0n) is 6.86. The smallest absolute Gasteiger partial charge is 0.261 e. The number of hydrogen-bond donors (Lipinski definition) is 4. The van der Waals surface area contributed by atoms with Crippen molar-refractivity contribution in [3.05, 3.63) is 0 Å². The molecule has 0 heterocycles. The lowest BCUT2D eigenvalue weighted by Crippen LogP contribution is -2.41. The number of ether oxygens (including phenoxy) is 1. The van der Waals surface area contributed by atoms with Crippen molar-refractivity contribution in [1.82, 2.24) is 4.72 Å². The van der Waals surface area contributed by atoms with Gasteiger partial charge in [0.15, 0.2) is 6.10 Å². The maximum absolute atomic E-state index is 10.8. The number of rotatable bonds is 5. The average Bonchev–Trinajstić information content (AvgIpc) is 2.11. The summed E-state index contributed by atoms with van der Waals surface area (Å²) in [6.07, 6.45) is -1.35. The van der Waals surface area contributed by atoms with Gasteiger partial charge in [0.1, 0.15) is 0 Å². The topological polar surface area (TPSA) is 84.6 Å². The van der Waals surface area contributed by atoms with Crippen molar-refractivity contribution in [3.8, 4) is 0 Å². The first-order valence-electron chi connectivity index (χ1n) is 3.52. The first-order valence-corrected chi connectivity index (χ1v) is 3.97. The Morgan fingerprint density at radius 1 is 1.83 bits per heavy atom. The van der Waals surface area contributed by atoms with Gasteiger partial charge in [-0.2, -0.15) is 0 Å². The molecule has 6 heteroatoms. The molecule has 0 aliphatic rings. The highest BCUT2D eigenvalue weighted by Crippen LogP contribution is 2.02. The summed E-state index contributed by atoms with van der Waals surface area (Å²) >= 11 is 3.51. The van der Waals surface area contributed by atoms with E-state index in [-0.39, 0.29) is 0 Å². The second kappa shape index (κ2) is 6.24. The van der Waals surface area contributed by atoms with Crippen LogP contribution in [-0.4, -0.2) is 36.9 Å². The van der Waals surface area contributed by atoms with Crippen LogP contribution in [0.25, 0.3) is 0 Å². The summed E-state index contributed by atoms with van der Waals surface area (Å²) < 4.78 is 6.87. The van der Waals surface area contributed by atoms with E-state index >= 15 is 0 Å². The van der Waals surface area contributed by atoms with Crippen LogP contribution in [0.3, 0.4) is 0 Å². The van der Waals surface area contributed by atoms with Gasteiger partial charge >= 0.3 is 0 Å². The Morgan fingerprint density at radius 3 is 2.75 bits per heavy atom. The molecule has 0 saturated heterocycles. The number of methoxy groups -OCH3 is 1. The van der Waals surface area contributed by atoms with Gasteiger partial charge in [-0.15, -0.1) is 0 Å². The Morgan fingerprint density at radius 2 is 2.42 bits per heavy atom. The minimum Gasteiger partial charge on any atom is -0.380 e. The molecule has 5 nitrogen and oxygen atoms in total. The Labute approximate surface area is 76.8 Å². The number of amides is 1. The van der Waals surface area contributed by atoms with Gasteiger partial charge in [0.25, 0.3) is 5.91 Å². The minimum absolute atomic E-state index is 0.357. The molecule has 72 valence electrons. The molecule has 12 heavy (non-hydrogen) atoms. The summed E-state index contributed by atoms with van der Waals surface area (Å²) in [5, 5.41) is 9.27. The summed E-state index contributed by atoms with van der Waals surface area (Å²) in [5.41, 5.74) is 5.24. The predicted molar refractivity (Wildman–Crippen MR) is 47.6 cm³/mol. The van der Waals surface area contributed by atoms with Gasteiger partial charge in [-0.1, -0.05) is 12.8 Å². The quantitative estimate of drug-likeness (QED) is 0.409. The van der Waals surface area contributed by atoms with Crippen LogP contribution in [0.15, 0.2) is 0 Å². The molecule has 0 aromatic rings. The van der Waals surface area contributed by atoms with Crippen molar-refractivity contribution < 1.29 is 14.6 Å². The van der Waals surface area contributed by atoms with E-state index in [4.69, 9.17) is 10.5 Å². The molecule has 0 aromatic heterocycles. The van der Waals surface area contributed by atoms with Gasteiger partial charge < -0.3 is 20.3 Å². The largest absolute Gasteiger partial charge is 0.380 e. The summed E-state index contributed by atoms with van der Waals surface area (Å²) in [7, 11) is 1.41. The Balaban J connectivity index is 4.00. The van der Waals surface area contributed by atoms with Gasteiger partial charge in [-0.05, 0) is 13.0 Å². The van der Waals surface area contributed by atoms with E-state index in [1.165, 1.54) is 7.11 Å². The molecule has 0 aliphatic carbocycles. The van der Waals surface area contributed by atoms with Crippen LogP contribution in [0.1, 0.15) is 6.42 Å². The van der Waals surface area contributed by atoms with Crippen molar-refractivity contribution in [2.24, 2.45) is 5.73 Å². The fourth-order valence-corrected chi connectivity index (χ4v) is 0.936. The fourth-order valence-electron chi connectivity index (χ4n) is 0.804. The highest BCUT2D eigenvalue weighted by atomic mass is 32.1. The number of thiol groups is 1. The lowest BCUT2D eigenvalue weighted by Gasteiger charge is -2.18. The van der Waals surface area contributed by atoms with Crippen LogP contribution in [0.4, 0.5) is 0 Å². The van der Waals surface area contributed by atoms with E-state index in [0.717, 1.165) is 0 Å². The van der Waals surface area contributed by atoms with Crippen LogP contribution in [-0.2, 0) is 9.53 Å². The number of aliphatic hydroxyl groups is 1. The maximum atomic E-state index is 10.8. The first-order chi connectivity index (χ1) is 5.67. The van der Waals surface area contributed by atoms with Crippen molar-refractivity contribution in [2.45, 2.75) is 18.6 Å². The molecule has 2 atom stereocenters. The monoisotopic (exact) mass is 194 g/mol. The second-order valence-corrected chi connectivity index (χ2v) is 2.50. The standard InChI is InChI=1S/C6H14N2O3S/c1-11-4(2-3-7)5(9)6(10)8-12/h4-5,9,12H,2-3,7H2,1H3,(H,8,10). The fraction of sp³-hybridized carbons (Fsp3) is 0.833. The van der Waals surface area contributed by atoms with Crippen molar-refractivity contribution in [3.63, 3.8) is 0 Å². The third-order valence-corrected chi connectivity index (χ3v) is 1.71. The SMILES string of the molecule is COC(CCN)C(O)C(=O)NS. The maximum Gasteiger partial charge on any atom is 0.261 e. The summed E-state index contributed by atoms with van der Waals surface area (Å²) in [6.45, 7) is 0.357. The highest BCUT2D eigenvalue weighted by molar-refractivity contribution is 7.78. The zero-order chi connectivity index (χ0) is 9.56. The third kappa shape index (κ3) is 3.40. The van der Waals surface area contributed by atoms with Crippen LogP contribution < -0.4 is 10.5 Å². The molecule has 0 bridgehead atoms. The minimum atomic E-state index is -1.21. The normalized spacial score (nSPS) is 15.3. The molecule has 4 N–H and O–H groups in total. The Bertz CT molecular complexity index is 145. The van der Waals surface area contributed by atoms with Crippen molar-refractivity contribution in [2.75, 3.05) is 13.7 Å². The summed E-state index contributed by atoms with van der Waals surface area (Å²) in [4.78, 5) is 10.8. The van der Waals surface area contributed by atoms with E-state index in [1.54, 1.807) is 0 Å². The second-order valence-electron chi connectivity index (χ2n) is 2.27. The van der Waals surface area contributed by atoms with Gasteiger partial charge in [0, 0.05) is 7.11 Å². The van der Waals surface area contributed by atoms with Gasteiger partial charge in [-0.25, -0.2) is 0 Å². The highest BCUT2D eigenvalue weighted by Gasteiger charge is 2.24. The number of hydrogen-bond acceptors (Lipinski definition) is 5. The Hall–Kier alpha value is -0.300. The zero-order valence-corrected chi connectivity index (χ0v) is 7.75. The van der Waals surface area contributed by atoms with Crippen LogP contribution in [0.5, 0.6) is 0 Å². The molecule has 0 radical (unpaired) electrons. The number of carbonyl (C=O) groups is 1. The molecular formula is C6H14N2O3S. The number of carbonyl (C=O) groups excluding carboxylic acids is 1. The number of nitrogens with two attached hydrogens (primary N) is 1. The van der Waals surface area contributed by atoms with Crippen molar-refractivity contribution >= 4 is 18.7 Å². The van der Waals surface area contributed by atoms with Gasteiger partial charge in [0.05, 0.1) is 6.10 Å². The Kier molecular flexibility index (Phi) is 6.09. The molecule has 0 aliphatic heterocycles. The van der Waals surface area contributed by atoms with Crippen LogP contribution in [0, 0.1) is 0 Å². The first kappa shape index (κ1) is 11.7. The third-order valence-electron chi connectivity index (χ3n) is 1.48. The van der Waals surface area contributed by atoms with Gasteiger partial charge in [-0.3, -0.25) is 4.79 Å². The van der Waals surface area contributed by atoms with Crippen LogP contribution in [0.2, 0.25) is 0 Å². The van der Waals surface area contributed by atoms with E-state index in [0.29, 0.717) is 13.0 Å². The number of nitrogens with one attached hydrogen (secondary N) is 1. The molecule has 0 rings (SSSR count). The molecule has 0 spiro atoms.